The molecule has 0 unspecified atom stereocenters. The molecule has 3 aromatic carbocycles. The average molecular weight is 396 g/mol. The Morgan fingerprint density at radius 1 is 0.724 bits per heavy atom. The quantitative estimate of drug-likeness (QED) is 0.316. The van der Waals surface area contributed by atoms with E-state index in [1.165, 1.54) is 0 Å². The maximum Gasteiger partial charge on any atom is 0.203 e. The summed E-state index contributed by atoms with van der Waals surface area (Å²) in [5.41, 5.74) is -0.185. The van der Waals surface area contributed by atoms with Crippen molar-refractivity contribution in [1.29, 1.82) is 0 Å². The van der Waals surface area contributed by atoms with Crippen LogP contribution in [0.25, 0.3) is 0 Å². The number of Topliss-reactive ketones (excluding diaryl/α,β-unsaturated/α-hetero) is 1. The van der Waals surface area contributed by atoms with E-state index in [0.717, 1.165) is 24.3 Å². The Morgan fingerprint density at radius 3 is 1.97 bits per heavy atom. The summed E-state index contributed by atoms with van der Waals surface area (Å²) in [6, 6.07) is 12.3. The van der Waals surface area contributed by atoms with Gasteiger partial charge in [0.1, 0.15) is 0 Å². The first-order valence-electron chi connectivity index (χ1n) is 8.35. The lowest BCUT2D eigenvalue weighted by Crippen LogP contribution is -2.12. The van der Waals surface area contributed by atoms with Gasteiger partial charge in [0.15, 0.2) is 41.2 Å². The number of carbonyl (C=O) groups is 2. The van der Waals surface area contributed by atoms with E-state index in [9.17, 15) is 35.1 Å². The van der Waals surface area contributed by atoms with E-state index in [4.69, 9.17) is 4.74 Å². The lowest BCUT2D eigenvalue weighted by atomic mass is 10.0. The summed E-state index contributed by atoms with van der Waals surface area (Å²) in [7, 11) is 0. The Morgan fingerprint density at radius 2 is 1.34 bits per heavy atom. The van der Waals surface area contributed by atoms with Crippen LogP contribution in [0.2, 0.25) is 0 Å². The van der Waals surface area contributed by atoms with E-state index in [1.54, 1.807) is 30.3 Å². The van der Waals surface area contributed by atoms with E-state index >= 15 is 0 Å². The standard InChI is InChI=1S/C21H16O8/c22-14-7-6-13(19(27)20(14)28)18(26)12-8-15(23)21(16(24)9-12)29-10-17(25)11-4-2-1-3-5-11/h1-9,22-24,27-28H,10H2. The van der Waals surface area contributed by atoms with E-state index < -0.39 is 41.1 Å². The molecule has 3 rings (SSSR count). The Hall–Kier alpha value is -4.20. The molecule has 148 valence electrons. The maximum atomic E-state index is 12.5. The summed E-state index contributed by atoms with van der Waals surface area (Å²) in [4.78, 5) is 24.6. The largest absolute Gasteiger partial charge is 0.504 e. The molecular formula is C21H16O8. The SMILES string of the molecule is O=C(COc1c(O)cc(C(=O)c2ccc(O)c(O)c2O)cc1O)c1ccccc1. The number of phenols is 5. The van der Waals surface area contributed by atoms with Gasteiger partial charge in [0.25, 0.3) is 0 Å². The number of benzene rings is 3. The van der Waals surface area contributed by atoms with Gasteiger partial charge in [0.2, 0.25) is 11.5 Å². The molecule has 0 radical (unpaired) electrons. The summed E-state index contributed by atoms with van der Waals surface area (Å²) in [5, 5.41) is 49.0. The van der Waals surface area contributed by atoms with Crippen molar-refractivity contribution in [1.82, 2.24) is 0 Å². The number of rotatable bonds is 6. The minimum absolute atomic E-state index is 0.220. The van der Waals surface area contributed by atoms with Gasteiger partial charge in [-0.15, -0.1) is 0 Å². The summed E-state index contributed by atoms with van der Waals surface area (Å²) < 4.78 is 5.20. The average Bonchev–Trinajstić information content (AvgIpc) is 2.71. The van der Waals surface area contributed by atoms with Crippen LogP contribution in [0, 0.1) is 0 Å². The summed E-state index contributed by atoms with van der Waals surface area (Å²) in [6.07, 6.45) is 0. The molecule has 0 aromatic heterocycles. The van der Waals surface area contributed by atoms with Crippen molar-refractivity contribution in [3.63, 3.8) is 0 Å². The molecule has 5 N–H and O–H groups in total. The first-order chi connectivity index (χ1) is 13.8. The monoisotopic (exact) mass is 396 g/mol. The molecule has 0 spiro atoms. The third-order valence-corrected chi connectivity index (χ3v) is 4.13. The predicted molar refractivity (Wildman–Crippen MR) is 101 cm³/mol. The number of carbonyl (C=O) groups excluding carboxylic acids is 2. The number of hydrogen-bond donors (Lipinski definition) is 5. The molecular weight excluding hydrogens is 380 g/mol. The Kier molecular flexibility index (Phi) is 5.27. The zero-order valence-electron chi connectivity index (χ0n) is 14.9. The molecule has 29 heavy (non-hydrogen) atoms. The molecule has 0 aliphatic carbocycles. The molecule has 0 saturated carbocycles. The molecule has 3 aromatic rings. The highest BCUT2D eigenvalue weighted by Gasteiger charge is 2.22. The van der Waals surface area contributed by atoms with E-state index in [0.29, 0.717) is 5.56 Å². The highest BCUT2D eigenvalue weighted by Crippen LogP contribution is 2.41. The maximum absolute atomic E-state index is 12.5. The number of ketones is 2. The van der Waals surface area contributed by atoms with Crippen LogP contribution in [0.5, 0.6) is 34.5 Å². The lowest BCUT2D eigenvalue weighted by molar-refractivity contribution is 0.0916. The summed E-state index contributed by atoms with van der Waals surface area (Å²) >= 11 is 0. The van der Waals surface area contributed by atoms with E-state index in [-0.39, 0.29) is 22.7 Å². The van der Waals surface area contributed by atoms with Gasteiger partial charge in [-0.05, 0) is 24.3 Å². The third kappa shape index (κ3) is 3.91. The van der Waals surface area contributed by atoms with Crippen LogP contribution >= 0.6 is 0 Å². The lowest BCUT2D eigenvalue weighted by Gasteiger charge is -2.12. The highest BCUT2D eigenvalue weighted by molar-refractivity contribution is 6.11. The second kappa shape index (κ2) is 7.81. The Balaban J connectivity index is 1.83. The molecule has 0 atom stereocenters. The highest BCUT2D eigenvalue weighted by atomic mass is 16.5. The molecule has 0 heterocycles. The number of hydrogen-bond acceptors (Lipinski definition) is 8. The molecule has 0 saturated heterocycles. The topological polar surface area (TPSA) is 145 Å². The van der Waals surface area contributed by atoms with Crippen molar-refractivity contribution in [2.45, 2.75) is 0 Å². The first kappa shape index (κ1) is 19.6. The van der Waals surface area contributed by atoms with Crippen LogP contribution in [0.4, 0.5) is 0 Å². The van der Waals surface area contributed by atoms with Crippen molar-refractivity contribution >= 4 is 11.6 Å². The minimum atomic E-state index is -0.872. The predicted octanol–water partition coefficient (Wildman–Crippen LogP) is 2.71. The van der Waals surface area contributed by atoms with Gasteiger partial charge in [0.05, 0.1) is 5.56 Å². The number of phenolic OH excluding ortho intramolecular Hbond substituents is 5. The van der Waals surface area contributed by atoms with Crippen LogP contribution in [0.15, 0.2) is 54.6 Å². The van der Waals surface area contributed by atoms with E-state index in [2.05, 4.69) is 0 Å². The summed E-state index contributed by atoms with van der Waals surface area (Å²) in [6.45, 7) is -0.453. The molecule has 0 aliphatic rings. The molecule has 0 amide bonds. The molecule has 0 aliphatic heterocycles. The van der Waals surface area contributed by atoms with Crippen LogP contribution in [-0.4, -0.2) is 43.7 Å². The second-order valence-electron chi connectivity index (χ2n) is 6.08. The van der Waals surface area contributed by atoms with Crippen LogP contribution in [0.1, 0.15) is 26.3 Å². The fraction of sp³-hybridized carbons (Fsp3) is 0.0476. The first-order valence-corrected chi connectivity index (χ1v) is 8.35. The van der Waals surface area contributed by atoms with Gasteiger partial charge < -0.3 is 30.3 Å². The van der Waals surface area contributed by atoms with Crippen molar-refractivity contribution in [2.24, 2.45) is 0 Å². The molecule has 0 fully saturated rings. The fourth-order valence-electron chi connectivity index (χ4n) is 2.63. The third-order valence-electron chi connectivity index (χ3n) is 4.13. The fourth-order valence-corrected chi connectivity index (χ4v) is 2.63. The van der Waals surface area contributed by atoms with Crippen molar-refractivity contribution in [3.8, 4) is 34.5 Å². The van der Waals surface area contributed by atoms with Gasteiger partial charge in [-0.2, -0.15) is 0 Å². The van der Waals surface area contributed by atoms with Gasteiger partial charge >= 0.3 is 0 Å². The van der Waals surface area contributed by atoms with Crippen LogP contribution < -0.4 is 4.74 Å². The van der Waals surface area contributed by atoms with Gasteiger partial charge in [-0.1, -0.05) is 30.3 Å². The molecule has 8 heteroatoms. The van der Waals surface area contributed by atoms with Crippen LogP contribution in [-0.2, 0) is 0 Å². The van der Waals surface area contributed by atoms with Gasteiger partial charge in [-0.3, -0.25) is 9.59 Å². The zero-order chi connectivity index (χ0) is 21.1. The number of aromatic hydroxyl groups is 5. The van der Waals surface area contributed by atoms with Gasteiger partial charge in [0, 0.05) is 11.1 Å². The number of ether oxygens (including phenoxy) is 1. The second-order valence-corrected chi connectivity index (χ2v) is 6.08. The van der Waals surface area contributed by atoms with E-state index in [1.807, 2.05) is 0 Å². The van der Waals surface area contributed by atoms with Crippen molar-refractivity contribution in [2.75, 3.05) is 6.61 Å². The minimum Gasteiger partial charge on any atom is -0.504 e. The van der Waals surface area contributed by atoms with Crippen molar-refractivity contribution in [3.05, 3.63) is 71.3 Å². The Labute approximate surface area is 164 Å². The smallest absolute Gasteiger partial charge is 0.203 e. The Bertz CT molecular complexity index is 1070. The zero-order valence-corrected chi connectivity index (χ0v) is 14.9. The normalized spacial score (nSPS) is 10.5. The van der Waals surface area contributed by atoms with Gasteiger partial charge in [-0.25, -0.2) is 0 Å². The molecule has 8 nitrogen and oxygen atoms in total. The molecule has 0 bridgehead atoms. The van der Waals surface area contributed by atoms with Crippen molar-refractivity contribution < 1.29 is 39.9 Å². The summed E-state index contributed by atoms with van der Waals surface area (Å²) in [5.74, 6) is -5.13. The van der Waals surface area contributed by atoms with Crippen LogP contribution in [0.3, 0.4) is 0 Å².